The van der Waals surface area contributed by atoms with Gasteiger partial charge in [0.25, 0.3) is 0 Å². The van der Waals surface area contributed by atoms with Gasteiger partial charge in [-0.3, -0.25) is 4.79 Å². The van der Waals surface area contributed by atoms with Gasteiger partial charge in [0.1, 0.15) is 11.5 Å². The van der Waals surface area contributed by atoms with Crippen LogP contribution in [0.15, 0.2) is 47.3 Å². The lowest BCUT2D eigenvalue weighted by molar-refractivity contribution is -0.143. The molecular weight excluding hydrogens is 318 g/mol. The Hall–Kier alpha value is -2.56. The average Bonchev–Trinajstić information content (AvgIpc) is 2.53. The second-order valence-corrected chi connectivity index (χ2v) is 6.83. The number of aromatic hydroxyl groups is 1. The van der Waals surface area contributed by atoms with Crippen LogP contribution in [0.3, 0.4) is 0 Å². The molecule has 0 bridgehead atoms. The monoisotopic (exact) mass is 341 g/mol. The maximum Gasteiger partial charge on any atom is 0.336 e. The Bertz CT molecular complexity index is 776. The minimum Gasteiger partial charge on any atom is -0.508 e. The van der Waals surface area contributed by atoms with Crippen LogP contribution in [0.5, 0.6) is 5.75 Å². The Balaban J connectivity index is 2.15. The fourth-order valence-electron chi connectivity index (χ4n) is 3.64. The molecule has 0 saturated carbocycles. The lowest BCUT2D eigenvalue weighted by atomic mass is 9.71. The molecule has 3 rings (SSSR count). The van der Waals surface area contributed by atoms with Crippen molar-refractivity contribution < 1.29 is 19.4 Å². The third kappa shape index (κ3) is 3.31. The number of fused-ring (bicyclic) bond motifs is 1. The van der Waals surface area contributed by atoms with E-state index in [0.717, 1.165) is 11.3 Å². The van der Waals surface area contributed by atoms with E-state index >= 15 is 0 Å². The topological polar surface area (TPSA) is 75.6 Å². The number of rotatable bonds is 3. The second kappa shape index (κ2) is 6.75. The fourth-order valence-corrected chi connectivity index (χ4v) is 3.64. The molecule has 0 fully saturated rings. The van der Waals surface area contributed by atoms with Crippen LogP contribution in [-0.4, -0.2) is 23.0 Å². The van der Waals surface area contributed by atoms with Crippen molar-refractivity contribution in [2.75, 3.05) is 0 Å². The molecule has 5 nitrogen and oxygen atoms in total. The van der Waals surface area contributed by atoms with Crippen molar-refractivity contribution in [2.45, 2.75) is 45.6 Å². The van der Waals surface area contributed by atoms with Crippen molar-refractivity contribution in [1.82, 2.24) is 5.32 Å². The number of carbonyl (C=O) groups excluding carboxylic acids is 2. The minimum absolute atomic E-state index is 0.0979. The molecule has 0 aromatic heterocycles. The number of ketones is 1. The highest BCUT2D eigenvalue weighted by Crippen LogP contribution is 2.44. The molecule has 0 saturated heterocycles. The van der Waals surface area contributed by atoms with Gasteiger partial charge in [-0.05, 0) is 44.9 Å². The molecule has 132 valence electrons. The van der Waals surface area contributed by atoms with Crippen LogP contribution in [0, 0.1) is 5.92 Å². The zero-order valence-corrected chi connectivity index (χ0v) is 14.7. The summed E-state index contributed by atoms with van der Waals surface area (Å²) in [7, 11) is 0. The Morgan fingerprint density at radius 1 is 1.32 bits per heavy atom. The van der Waals surface area contributed by atoms with Crippen LogP contribution in [0.25, 0.3) is 0 Å². The largest absolute Gasteiger partial charge is 0.508 e. The van der Waals surface area contributed by atoms with Gasteiger partial charge in [0.2, 0.25) is 0 Å². The number of nitrogens with one attached hydrogen (secondary N) is 1. The van der Waals surface area contributed by atoms with E-state index in [-0.39, 0.29) is 17.6 Å². The van der Waals surface area contributed by atoms with E-state index in [4.69, 9.17) is 4.74 Å². The number of carbonyl (C=O) groups is 2. The van der Waals surface area contributed by atoms with Gasteiger partial charge in [-0.25, -0.2) is 4.79 Å². The van der Waals surface area contributed by atoms with E-state index in [1.54, 1.807) is 32.0 Å². The first-order chi connectivity index (χ1) is 11.9. The first-order valence-corrected chi connectivity index (χ1v) is 8.59. The number of esters is 1. The third-order valence-corrected chi connectivity index (χ3v) is 4.61. The summed E-state index contributed by atoms with van der Waals surface area (Å²) in [5.41, 5.74) is 2.72. The number of benzene rings is 1. The first kappa shape index (κ1) is 17.3. The summed E-state index contributed by atoms with van der Waals surface area (Å²) >= 11 is 0. The number of ether oxygens (including phenoxy) is 1. The van der Waals surface area contributed by atoms with Crippen molar-refractivity contribution in [3.8, 4) is 5.75 Å². The lowest BCUT2D eigenvalue weighted by Crippen LogP contribution is -2.41. The molecule has 2 aliphatic rings. The first-order valence-electron chi connectivity index (χ1n) is 8.59. The average molecular weight is 341 g/mol. The van der Waals surface area contributed by atoms with Crippen molar-refractivity contribution >= 4 is 11.8 Å². The molecule has 1 heterocycles. The van der Waals surface area contributed by atoms with E-state index in [2.05, 4.69) is 5.32 Å². The number of allylic oxidation sites excluding steroid dienone is 3. The van der Waals surface area contributed by atoms with Crippen LogP contribution in [0.2, 0.25) is 0 Å². The van der Waals surface area contributed by atoms with Gasteiger partial charge in [-0.2, -0.15) is 0 Å². The van der Waals surface area contributed by atoms with Crippen LogP contribution in [0.4, 0.5) is 0 Å². The number of hydrogen-bond acceptors (Lipinski definition) is 5. The molecule has 5 heteroatoms. The van der Waals surface area contributed by atoms with Gasteiger partial charge in [-0.15, -0.1) is 0 Å². The van der Waals surface area contributed by atoms with Gasteiger partial charge in [0.05, 0.1) is 17.6 Å². The molecule has 2 unspecified atom stereocenters. The number of phenolic OH excluding ortho intramolecular Hbond substituents is 1. The molecule has 25 heavy (non-hydrogen) atoms. The van der Waals surface area contributed by atoms with Crippen molar-refractivity contribution in [3.63, 3.8) is 0 Å². The quantitative estimate of drug-likeness (QED) is 0.826. The molecule has 1 aliphatic carbocycles. The molecule has 2 N–H and O–H groups in total. The van der Waals surface area contributed by atoms with Crippen LogP contribution in [-0.2, 0) is 14.3 Å². The maximum absolute atomic E-state index is 12.8. The predicted molar refractivity (Wildman–Crippen MR) is 93.7 cm³/mol. The van der Waals surface area contributed by atoms with E-state index in [1.165, 1.54) is 0 Å². The Kier molecular flexibility index (Phi) is 4.66. The summed E-state index contributed by atoms with van der Waals surface area (Å²) in [4.78, 5) is 25.4. The summed E-state index contributed by atoms with van der Waals surface area (Å²) < 4.78 is 5.43. The number of Topliss-reactive ketones (excluding diaryl/α,β-unsaturated/α-hetero) is 1. The van der Waals surface area contributed by atoms with E-state index in [9.17, 15) is 14.7 Å². The summed E-state index contributed by atoms with van der Waals surface area (Å²) in [6, 6.07) is 6.76. The highest BCUT2D eigenvalue weighted by Gasteiger charge is 2.43. The molecule has 2 atom stereocenters. The minimum atomic E-state index is -0.460. The van der Waals surface area contributed by atoms with Gasteiger partial charge in [0, 0.05) is 23.7 Å². The molecule has 0 amide bonds. The van der Waals surface area contributed by atoms with Crippen LogP contribution in [0.1, 0.15) is 45.1 Å². The van der Waals surface area contributed by atoms with Crippen molar-refractivity contribution in [2.24, 2.45) is 5.92 Å². The van der Waals surface area contributed by atoms with Gasteiger partial charge >= 0.3 is 5.97 Å². The summed E-state index contributed by atoms with van der Waals surface area (Å²) in [6.45, 7) is 5.41. The van der Waals surface area contributed by atoms with Gasteiger partial charge in [0.15, 0.2) is 0 Å². The van der Waals surface area contributed by atoms with Crippen LogP contribution >= 0.6 is 0 Å². The Morgan fingerprint density at radius 2 is 2.08 bits per heavy atom. The van der Waals surface area contributed by atoms with E-state index in [1.807, 2.05) is 19.1 Å². The Labute approximate surface area is 147 Å². The van der Waals surface area contributed by atoms with E-state index in [0.29, 0.717) is 24.1 Å². The summed E-state index contributed by atoms with van der Waals surface area (Å²) in [5, 5.41) is 13.1. The zero-order valence-electron chi connectivity index (χ0n) is 14.7. The number of hydrogen-bond donors (Lipinski definition) is 2. The van der Waals surface area contributed by atoms with Crippen molar-refractivity contribution in [1.29, 1.82) is 0 Å². The SMILES string of the molecule is CC1=C(C(=O)OC(C)C)C(c2cccc(O)c2)C2C(=O)CCC=C2N1. The molecule has 0 radical (unpaired) electrons. The predicted octanol–water partition coefficient (Wildman–Crippen LogP) is 3.17. The van der Waals surface area contributed by atoms with Crippen molar-refractivity contribution in [3.05, 3.63) is 52.9 Å². The third-order valence-electron chi connectivity index (χ3n) is 4.61. The van der Waals surface area contributed by atoms with Crippen LogP contribution < -0.4 is 5.32 Å². The highest BCUT2D eigenvalue weighted by molar-refractivity contribution is 5.96. The highest BCUT2D eigenvalue weighted by atomic mass is 16.5. The standard InChI is InChI=1S/C20H23NO4/c1-11(2)25-20(24)17-12(3)21-15-8-5-9-16(23)19(15)18(17)13-6-4-7-14(22)10-13/h4,6-8,10-11,18-19,21-22H,5,9H2,1-3H3. The summed E-state index contributed by atoms with van der Waals surface area (Å²) in [5.74, 6) is -1.13. The normalized spacial score (nSPS) is 23.0. The molecular formula is C20H23NO4. The zero-order chi connectivity index (χ0) is 18.1. The lowest BCUT2D eigenvalue weighted by Gasteiger charge is -2.38. The maximum atomic E-state index is 12.8. The molecule has 0 spiro atoms. The molecule has 1 aliphatic heterocycles. The summed E-state index contributed by atoms with van der Waals surface area (Å²) in [6.07, 6.45) is 2.92. The second-order valence-electron chi connectivity index (χ2n) is 6.83. The fraction of sp³-hybridized carbons (Fsp3) is 0.400. The van der Waals surface area contributed by atoms with E-state index < -0.39 is 17.8 Å². The van der Waals surface area contributed by atoms with Gasteiger partial charge in [-0.1, -0.05) is 18.2 Å². The molecule has 1 aromatic carbocycles. The van der Waals surface area contributed by atoms with Gasteiger partial charge < -0.3 is 15.2 Å². The number of phenols is 1. The smallest absolute Gasteiger partial charge is 0.336 e. The Morgan fingerprint density at radius 3 is 2.76 bits per heavy atom. The molecule has 1 aromatic rings.